The molecule has 0 unspecified atom stereocenters. The molecule has 0 aromatic rings. The van der Waals surface area contributed by atoms with E-state index in [0.29, 0.717) is 0 Å². The number of nitrogens with one attached hydrogen (secondary N) is 2. The SMILES string of the molecule is CCNCCNCCCN(C)C. The van der Waals surface area contributed by atoms with Crippen molar-refractivity contribution in [2.45, 2.75) is 13.3 Å². The van der Waals surface area contributed by atoms with Crippen molar-refractivity contribution in [3.05, 3.63) is 0 Å². The van der Waals surface area contributed by atoms with Crippen LogP contribution in [-0.2, 0) is 0 Å². The molecule has 0 atom stereocenters. The van der Waals surface area contributed by atoms with Crippen molar-refractivity contribution in [2.75, 3.05) is 46.8 Å². The molecule has 0 aromatic heterocycles. The van der Waals surface area contributed by atoms with Gasteiger partial charge in [0.1, 0.15) is 0 Å². The van der Waals surface area contributed by atoms with Crippen molar-refractivity contribution < 1.29 is 0 Å². The molecule has 0 spiro atoms. The van der Waals surface area contributed by atoms with Gasteiger partial charge in [-0.1, -0.05) is 6.92 Å². The van der Waals surface area contributed by atoms with Gasteiger partial charge in [-0.05, 0) is 40.2 Å². The number of hydrogen-bond acceptors (Lipinski definition) is 3. The van der Waals surface area contributed by atoms with Gasteiger partial charge in [-0.2, -0.15) is 0 Å². The van der Waals surface area contributed by atoms with Crippen molar-refractivity contribution in [3.8, 4) is 0 Å². The Morgan fingerprint density at radius 2 is 1.67 bits per heavy atom. The maximum atomic E-state index is 3.39. The van der Waals surface area contributed by atoms with E-state index in [1.807, 2.05) is 0 Å². The second-order valence-electron chi connectivity index (χ2n) is 3.26. The lowest BCUT2D eigenvalue weighted by Gasteiger charge is -2.09. The van der Waals surface area contributed by atoms with Gasteiger partial charge in [-0.25, -0.2) is 0 Å². The van der Waals surface area contributed by atoms with Gasteiger partial charge >= 0.3 is 0 Å². The third-order valence-corrected chi connectivity index (χ3v) is 1.69. The van der Waals surface area contributed by atoms with E-state index >= 15 is 0 Å². The lowest BCUT2D eigenvalue weighted by molar-refractivity contribution is 0.394. The fraction of sp³-hybridized carbons (Fsp3) is 1.00. The molecule has 12 heavy (non-hydrogen) atoms. The van der Waals surface area contributed by atoms with Crippen LogP contribution in [0, 0.1) is 0 Å². The summed E-state index contributed by atoms with van der Waals surface area (Å²) in [5, 5.41) is 6.66. The first-order chi connectivity index (χ1) is 5.77. The largest absolute Gasteiger partial charge is 0.316 e. The van der Waals surface area contributed by atoms with Crippen LogP contribution in [0.2, 0.25) is 0 Å². The minimum Gasteiger partial charge on any atom is -0.316 e. The molecule has 3 nitrogen and oxygen atoms in total. The van der Waals surface area contributed by atoms with Crippen LogP contribution in [0.15, 0.2) is 0 Å². The summed E-state index contributed by atoms with van der Waals surface area (Å²) in [7, 11) is 4.22. The molecular formula is C9H23N3. The lowest BCUT2D eigenvalue weighted by atomic mass is 10.4. The van der Waals surface area contributed by atoms with Crippen LogP contribution in [-0.4, -0.2) is 51.7 Å². The molecule has 0 saturated heterocycles. The van der Waals surface area contributed by atoms with Crippen molar-refractivity contribution in [1.29, 1.82) is 0 Å². The maximum absolute atomic E-state index is 3.39. The fourth-order valence-electron chi connectivity index (χ4n) is 0.999. The second kappa shape index (κ2) is 8.97. The van der Waals surface area contributed by atoms with Gasteiger partial charge in [0.2, 0.25) is 0 Å². The third kappa shape index (κ3) is 9.88. The van der Waals surface area contributed by atoms with Crippen LogP contribution >= 0.6 is 0 Å². The lowest BCUT2D eigenvalue weighted by Crippen LogP contribution is -2.29. The Balaban J connectivity index is 2.82. The Morgan fingerprint density at radius 3 is 2.25 bits per heavy atom. The summed E-state index contributed by atoms with van der Waals surface area (Å²) in [6.07, 6.45) is 1.24. The van der Waals surface area contributed by atoms with Crippen molar-refractivity contribution >= 4 is 0 Å². The summed E-state index contributed by atoms with van der Waals surface area (Å²) < 4.78 is 0. The minimum atomic E-state index is 1.07. The van der Waals surface area contributed by atoms with E-state index in [-0.39, 0.29) is 0 Å². The molecule has 0 aromatic carbocycles. The zero-order valence-corrected chi connectivity index (χ0v) is 8.69. The quantitative estimate of drug-likeness (QED) is 0.511. The molecule has 0 saturated carbocycles. The van der Waals surface area contributed by atoms with Gasteiger partial charge in [0.15, 0.2) is 0 Å². The zero-order chi connectivity index (χ0) is 9.23. The average molecular weight is 173 g/mol. The van der Waals surface area contributed by atoms with E-state index in [1.54, 1.807) is 0 Å². The topological polar surface area (TPSA) is 27.3 Å². The Bertz CT molecular complexity index is 83.8. The summed E-state index contributed by atoms with van der Waals surface area (Å²) in [5.74, 6) is 0. The van der Waals surface area contributed by atoms with Crippen molar-refractivity contribution in [2.24, 2.45) is 0 Å². The molecule has 74 valence electrons. The first kappa shape index (κ1) is 11.9. The highest BCUT2D eigenvalue weighted by molar-refractivity contribution is 4.52. The summed E-state index contributed by atoms with van der Waals surface area (Å²) in [4.78, 5) is 2.21. The Kier molecular flexibility index (Phi) is 8.88. The molecule has 3 heteroatoms. The van der Waals surface area contributed by atoms with Crippen LogP contribution in [0.5, 0.6) is 0 Å². The second-order valence-corrected chi connectivity index (χ2v) is 3.26. The van der Waals surface area contributed by atoms with E-state index < -0.39 is 0 Å². The molecular weight excluding hydrogens is 150 g/mol. The van der Waals surface area contributed by atoms with Gasteiger partial charge in [-0.3, -0.25) is 0 Å². The van der Waals surface area contributed by atoms with E-state index in [9.17, 15) is 0 Å². The first-order valence-electron chi connectivity index (χ1n) is 4.83. The van der Waals surface area contributed by atoms with Crippen LogP contribution < -0.4 is 10.6 Å². The molecule has 0 aliphatic rings. The highest BCUT2D eigenvalue weighted by atomic mass is 15.1. The van der Waals surface area contributed by atoms with Gasteiger partial charge in [0, 0.05) is 13.1 Å². The van der Waals surface area contributed by atoms with E-state index in [1.165, 1.54) is 13.0 Å². The summed E-state index contributed by atoms with van der Waals surface area (Å²) >= 11 is 0. The molecule has 2 N–H and O–H groups in total. The Labute approximate surface area is 76.5 Å². The summed E-state index contributed by atoms with van der Waals surface area (Å²) in [5.41, 5.74) is 0. The van der Waals surface area contributed by atoms with Gasteiger partial charge in [0.05, 0.1) is 0 Å². The Hall–Kier alpha value is -0.120. The van der Waals surface area contributed by atoms with Crippen LogP contribution in [0.3, 0.4) is 0 Å². The minimum absolute atomic E-state index is 1.07. The maximum Gasteiger partial charge on any atom is 0.00767 e. The molecule has 0 fully saturated rings. The molecule has 0 heterocycles. The molecule has 0 rings (SSSR count). The molecule has 0 bridgehead atoms. The number of likely N-dealkylation sites (N-methyl/N-ethyl adjacent to an activating group) is 1. The predicted octanol–water partition coefficient (Wildman–Crippen LogP) is 0.137. The number of rotatable bonds is 8. The molecule has 0 aliphatic heterocycles. The zero-order valence-electron chi connectivity index (χ0n) is 8.69. The Morgan fingerprint density at radius 1 is 1.00 bits per heavy atom. The van der Waals surface area contributed by atoms with Gasteiger partial charge < -0.3 is 15.5 Å². The molecule has 0 aliphatic carbocycles. The van der Waals surface area contributed by atoms with E-state index in [2.05, 4.69) is 36.6 Å². The smallest absolute Gasteiger partial charge is 0.00767 e. The highest BCUT2D eigenvalue weighted by Gasteiger charge is 1.89. The average Bonchev–Trinajstić information content (AvgIpc) is 2.02. The van der Waals surface area contributed by atoms with Gasteiger partial charge in [-0.15, -0.1) is 0 Å². The van der Waals surface area contributed by atoms with Crippen LogP contribution in [0.25, 0.3) is 0 Å². The fourth-order valence-corrected chi connectivity index (χ4v) is 0.999. The summed E-state index contributed by atoms with van der Waals surface area (Å²) in [6.45, 7) is 7.67. The standard InChI is InChI=1S/C9H23N3/c1-4-10-7-8-11-6-5-9-12(2)3/h10-11H,4-9H2,1-3H3. The number of nitrogens with zero attached hydrogens (tertiary/aromatic N) is 1. The van der Waals surface area contributed by atoms with E-state index in [0.717, 1.165) is 26.2 Å². The van der Waals surface area contributed by atoms with E-state index in [4.69, 9.17) is 0 Å². The molecule has 0 radical (unpaired) electrons. The van der Waals surface area contributed by atoms with Crippen molar-refractivity contribution in [3.63, 3.8) is 0 Å². The van der Waals surface area contributed by atoms with Gasteiger partial charge in [0.25, 0.3) is 0 Å². The monoisotopic (exact) mass is 173 g/mol. The summed E-state index contributed by atoms with van der Waals surface area (Å²) in [6, 6.07) is 0. The normalized spacial score (nSPS) is 11.0. The number of hydrogen-bond donors (Lipinski definition) is 2. The first-order valence-corrected chi connectivity index (χ1v) is 4.83. The third-order valence-electron chi connectivity index (χ3n) is 1.69. The highest BCUT2D eigenvalue weighted by Crippen LogP contribution is 1.79. The van der Waals surface area contributed by atoms with Crippen molar-refractivity contribution in [1.82, 2.24) is 15.5 Å². The predicted molar refractivity (Wildman–Crippen MR) is 54.6 cm³/mol. The molecule has 0 amide bonds. The van der Waals surface area contributed by atoms with Crippen LogP contribution in [0.4, 0.5) is 0 Å². The van der Waals surface area contributed by atoms with Crippen LogP contribution in [0.1, 0.15) is 13.3 Å².